The van der Waals surface area contributed by atoms with Gasteiger partial charge in [0.1, 0.15) is 0 Å². The number of nitrogens with one attached hydrogen (secondary N) is 1. The van der Waals surface area contributed by atoms with Gasteiger partial charge in [0.25, 0.3) is 0 Å². The number of H-pyrrole nitrogens is 1. The fourth-order valence-corrected chi connectivity index (χ4v) is 4.49. The number of hydrogen-bond acceptors (Lipinski definition) is 5. The predicted octanol–water partition coefficient (Wildman–Crippen LogP) is 0.793. The van der Waals surface area contributed by atoms with Gasteiger partial charge < -0.3 is 4.74 Å². The number of aromatic amines is 1. The van der Waals surface area contributed by atoms with Crippen molar-refractivity contribution >= 4 is 9.73 Å². The molecule has 1 aromatic carbocycles. The van der Waals surface area contributed by atoms with Crippen LogP contribution in [0.4, 0.5) is 5.82 Å². The summed E-state index contributed by atoms with van der Waals surface area (Å²) in [4.78, 5) is 21.2. The van der Waals surface area contributed by atoms with Gasteiger partial charge in [0.2, 0.25) is 0 Å². The Morgan fingerprint density at radius 3 is 2.84 bits per heavy atom. The molecule has 1 aliphatic carbocycles. The molecule has 2 aromatic rings. The summed E-state index contributed by atoms with van der Waals surface area (Å²) in [6, 6.07) is 6.22. The second kappa shape index (κ2) is 6.29. The first-order valence-corrected chi connectivity index (χ1v) is 9.15. The normalized spacial score (nSPS) is 21.4. The number of hydrogen-bond donors (Lipinski definition) is 2. The first kappa shape index (κ1) is 16.8. The number of aromatic nitrogens is 2. The fourth-order valence-electron chi connectivity index (χ4n) is 4.22. The number of piperidine rings is 1. The molecule has 0 unspecified atom stereocenters. The van der Waals surface area contributed by atoms with Gasteiger partial charge in [-0.15, -0.1) is 0 Å². The molecule has 2 aliphatic rings. The van der Waals surface area contributed by atoms with Gasteiger partial charge in [-0.2, -0.15) is 0 Å². The number of methoxy groups -OCH3 is 1. The van der Waals surface area contributed by atoms with E-state index < -0.39 is 0 Å². The van der Waals surface area contributed by atoms with E-state index in [9.17, 15) is 4.79 Å². The third kappa shape index (κ3) is 2.83. The Labute approximate surface area is 158 Å². The van der Waals surface area contributed by atoms with E-state index in [-0.39, 0.29) is 17.0 Å². The van der Waals surface area contributed by atoms with Crippen molar-refractivity contribution < 1.29 is 25.8 Å². The predicted molar refractivity (Wildman–Crippen MR) is 92.0 cm³/mol. The number of nitrogens with two attached hydrogens (primary N) is 1. The number of ether oxygens (including phenoxy) is 1. The van der Waals surface area contributed by atoms with Crippen LogP contribution in [-0.4, -0.2) is 30.2 Å². The van der Waals surface area contributed by atoms with E-state index in [1.165, 1.54) is 11.1 Å². The standard InChI is InChI=1S/C18H21N4O2.Ag/c1-24-13-2-3-14-12(10-13)11-18(15(14)19)4-8-22(9-5-18)16-17(23)21-7-6-20-16;/h2-3,6,10,15H,4-5,8-9,11,19H2,1H3,(H,21,23);/t15-;/m1./s1. The molecule has 25 heavy (non-hydrogen) atoms. The second-order valence-corrected chi connectivity index (χ2v) is 7.71. The first-order chi connectivity index (χ1) is 12.0. The zero-order valence-corrected chi connectivity index (χ0v) is 15.5. The van der Waals surface area contributed by atoms with Gasteiger partial charge in [0.05, 0.1) is 7.11 Å². The fraction of sp³-hybridized carbons (Fsp3) is 0.444. The minimum atomic E-state index is -0.159. The van der Waals surface area contributed by atoms with Crippen LogP contribution in [0.25, 0.3) is 0 Å². The Morgan fingerprint density at radius 1 is 1.40 bits per heavy atom. The molecule has 1 fully saturated rings. The van der Waals surface area contributed by atoms with Gasteiger partial charge in [0, 0.05) is 0 Å². The van der Waals surface area contributed by atoms with Gasteiger partial charge in [-0.05, 0) is 0 Å². The van der Waals surface area contributed by atoms with E-state index in [1.54, 1.807) is 13.3 Å². The Kier molecular flexibility index (Phi) is 4.24. The molecule has 136 valence electrons. The second-order valence-electron chi connectivity index (χ2n) is 6.91. The van der Waals surface area contributed by atoms with E-state index >= 15 is 0 Å². The molecule has 0 bridgehead atoms. The quantitative estimate of drug-likeness (QED) is 0.685. The molecule has 0 radical (unpaired) electrons. The first-order valence-electron chi connectivity index (χ1n) is 8.41. The zero-order valence-electron chi connectivity index (χ0n) is 14.0. The van der Waals surface area contributed by atoms with Crippen molar-refractivity contribution in [1.29, 1.82) is 0 Å². The molecule has 6 nitrogen and oxygen atoms in total. The van der Waals surface area contributed by atoms with Gasteiger partial charge in [-0.25, -0.2) is 0 Å². The Morgan fingerprint density at radius 2 is 2.16 bits per heavy atom. The molecule has 2 heterocycles. The molecule has 7 heteroatoms. The maximum absolute atomic E-state index is 12.1. The summed E-state index contributed by atoms with van der Waals surface area (Å²) in [6.45, 7) is 1.58. The van der Waals surface area contributed by atoms with Crippen molar-refractivity contribution in [3.05, 3.63) is 45.9 Å². The molecule has 3 N–H and O–H groups in total. The van der Waals surface area contributed by atoms with Crippen LogP contribution in [0.1, 0.15) is 30.0 Å². The Balaban J connectivity index is 1.54. The van der Waals surface area contributed by atoms with E-state index in [1.807, 2.05) is 6.07 Å². The summed E-state index contributed by atoms with van der Waals surface area (Å²) in [5.41, 5.74) is 9.06. The third-order valence-electron chi connectivity index (χ3n) is 5.66. The minimum absolute atomic E-state index is 0.0339. The van der Waals surface area contributed by atoms with Crippen LogP contribution < -0.4 is 24.8 Å². The molecule has 1 aromatic heterocycles. The number of rotatable bonds is 2. The van der Waals surface area contributed by atoms with Crippen LogP contribution in [0.3, 0.4) is 0 Å². The molecule has 1 saturated heterocycles. The van der Waals surface area contributed by atoms with E-state index in [0.717, 1.165) is 38.1 Å². The van der Waals surface area contributed by atoms with Gasteiger partial charge in [0.15, 0.2) is 0 Å². The summed E-state index contributed by atoms with van der Waals surface area (Å²) in [5, 5.41) is 0. The van der Waals surface area contributed by atoms with Gasteiger partial charge in [-0.1, -0.05) is 0 Å². The van der Waals surface area contributed by atoms with Crippen LogP contribution in [0.2, 0.25) is 0 Å². The van der Waals surface area contributed by atoms with Crippen molar-refractivity contribution in [1.82, 2.24) is 9.97 Å². The molecule has 4 rings (SSSR count). The monoisotopic (exact) mass is 432 g/mol. The zero-order chi connectivity index (χ0) is 17.6. The maximum atomic E-state index is 12.1. The van der Waals surface area contributed by atoms with Crippen LogP contribution in [0.5, 0.6) is 5.75 Å². The molecule has 0 saturated carbocycles. The SMILES string of the molecule is COc1ccc2c(c1)CC1(CCN(c3nc[c]([Ag])[nH]c3=O)CC1)[C@@H]2N. The molecule has 1 atom stereocenters. The van der Waals surface area contributed by atoms with E-state index in [4.69, 9.17) is 10.5 Å². The van der Waals surface area contributed by atoms with Crippen molar-refractivity contribution in [3.63, 3.8) is 0 Å². The van der Waals surface area contributed by atoms with Crippen molar-refractivity contribution in [2.45, 2.75) is 25.3 Å². The van der Waals surface area contributed by atoms with Gasteiger partial charge in [-0.3, -0.25) is 0 Å². The molecular formula is C18H21AgN4O2. The van der Waals surface area contributed by atoms with Crippen LogP contribution >= 0.6 is 0 Å². The van der Waals surface area contributed by atoms with Crippen molar-refractivity contribution in [2.24, 2.45) is 11.1 Å². The number of anilines is 1. The van der Waals surface area contributed by atoms with Crippen LogP contribution in [0.15, 0.2) is 29.2 Å². The number of nitrogens with zero attached hydrogens (tertiary/aromatic N) is 2. The summed E-state index contributed by atoms with van der Waals surface area (Å²) >= 11 is 3.26. The summed E-state index contributed by atoms with van der Waals surface area (Å²) in [6.07, 6.45) is 4.49. The Bertz CT molecular complexity index is 858. The molecule has 0 amide bonds. The summed E-state index contributed by atoms with van der Waals surface area (Å²) in [5.74, 6) is 1.37. The third-order valence-corrected chi connectivity index (χ3v) is 6.04. The van der Waals surface area contributed by atoms with E-state index in [2.05, 4.69) is 48.1 Å². The number of fused-ring (bicyclic) bond motifs is 1. The van der Waals surface area contributed by atoms with Gasteiger partial charge >= 0.3 is 147 Å². The van der Waals surface area contributed by atoms with Crippen LogP contribution in [-0.2, 0) is 27.5 Å². The topological polar surface area (TPSA) is 84.2 Å². The summed E-state index contributed by atoms with van der Waals surface area (Å²) in [7, 11) is 1.69. The number of benzene rings is 1. The average molecular weight is 433 g/mol. The average Bonchev–Trinajstić information content (AvgIpc) is 2.87. The van der Waals surface area contributed by atoms with Crippen LogP contribution in [0, 0.1) is 5.41 Å². The molecule has 1 spiro atoms. The van der Waals surface area contributed by atoms with E-state index in [0.29, 0.717) is 9.73 Å². The molecular weight excluding hydrogens is 412 g/mol. The Hall–Kier alpha value is -1.60. The van der Waals surface area contributed by atoms with Crippen molar-refractivity contribution in [2.75, 3.05) is 25.1 Å². The van der Waals surface area contributed by atoms with Crippen molar-refractivity contribution in [3.8, 4) is 5.75 Å². The summed E-state index contributed by atoms with van der Waals surface area (Å²) < 4.78 is 5.94. The molecule has 1 aliphatic heterocycles.